The molecule has 3 heterocycles. The van der Waals surface area contributed by atoms with E-state index in [1.807, 2.05) is 9.80 Å². The molecule has 0 N–H and O–H groups in total. The summed E-state index contributed by atoms with van der Waals surface area (Å²) in [6.07, 6.45) is 5.78. The molecule has 1 atom stereocenters. The first-order chi connectivity index (χ1) is 13.6. The Morgan fingerprint density at radius 1 is 1.32 bits per heavy atom. The number of thiazole rings is 1. The summed E-state index contributed by atoms with van der Waals surface area (Å²) in [5.41, 5.74) is 2.15. The van der Waals surface area contributed by atoms with Gasteiger partial charge < -0.3 is 14.3 Å². The van der Waals surface area contributed by atoms with E-state index in [2.05, 4.69) is 15.1 Å². The van der Waals surface area contributed by atoms with Gasteiger partial charge in [0.15, 0.2) is 5.82 Å². The Labute approximate surface area is 167 Å². The summed E-state index contributed by atoms with van der Waals surface area (Å²) in [7, 11) is 0. The zero-order chi connectivity index (χ0) is 19.5. The number of likely N-dealkylation sites (tertiary alicyclic amines) is 1. The van der Waals surface area contributed by atoms with E-state index in [1.165, 1.54) is 17.8 Å². The Bertz CT molecular complexity index is 817. The van der Waals surface area contributed by atoms with Crippen molar-refractivity contribution in [3.05, 3.63) is 28.3 Å². The highest BCUT2D eigenvalue weighted by atomic mass is 32.1. The average Bonchev–Trinajstić information content (AvgIpc) is 3.32. The third-order valence-electron chi connectivity index (χ3n) is 5.69. The van der Waals surface area contributed by atoms with Gasteiger partial charge in [-0.1, -0.05) is 11.6 Å². The van der Waals surface area contributed by atoms with Crippen LogP contribution in [0.4, 0.5) is 0 Å². The normalized spacial score (nSPS) is 20.0. The van der Waals surface area contributed by atoms with Crippen LogP contribution in [0.1, 0.15) is 67.1 Å². The zero-order valence-electron chi connectivity index (χ0n) is 16.0. The molecule has 2 amide bonds. The van der Waals surface area contributed by atoms with Gasteiger partial charge in [-0.05, 0) is 25.7 Å². The molecule has 1 saturated heterocycles. The molecule has 8 nitrogen and oxygen atoms in total. The summed E-state index contributed by atoms with van der Waals surface area (Å²) in [4.78, 5) is 37.2. The van der Waals surface area contributed by atoms with Gasteiger partial charge in [0.1, 0.15) is 5.69 Å². The summed E-state index contributed by atoms with van der Waals surface area (Å²) in [6, 6.07) is 0.00633. The lowest BCUT2D eigenvalue weighted by Gasteiger charge is -2.38. The topological polar surface area (TPSA) is 92.4 Å². The number of rotatable bonds is 6. The molecule has 2 fully saturated rings. The van der Waals surface area contributed by atoms with E-state index in [0.717, 1.165) is 31.6 Å². The van der Waals surface area contributed by atoms with Gasteiger partial charge in [-0.2, -0.15) is 4.98 Å². The number of aromatic nitrogens is 3. The maximum absolute atomic E-state index is 12.6. The first-order valence-electron chi connectivity index (χ1n) is 9.89. The molecule has 150 valence electrons. The van der Waals surface area contributed by atoms with Crippen molar-refractivity contribution < 1.29 is 14.1 Å². The van der Waals surface area contributed by atoms with E-state index in [4.69, 9.17) is 4.52 Å². The van der Waals surface area contributed by atoms with Crippen LogP contribution in [0.15, 0.2) is 15.4 Å². The van der Waals surface area contributed by atoms with Gasteiger partial charge >= 0.3 is 0 Å². The highest BCUT2D eigenvalue weighted by Crippen LogP contribution is 2.35. The minimum atomic E-state index is -0.0576. The van der Waals surface area contributed by atoms with Crippen LogP contribution in [-0.4, -0.2) is 62.4 Å². The van der Waals surface area contributed by atoms with Crippen molar-refractivity contribution in [3.8, 4) is 0 Å². The molecule has 9 heteroatoms. The quantitative estimate of drug-likeness (QED) is 0.736. The fraction of sp³-hybridized carbons (Fsp3) is 0.632. The molecule has 4 rings (SSSR count). The predicted molar refractivity (Wildman–Crippen MR) is 103 cm³/mol. The number of carbonyl (C=O) groups is 2. The molecule has 1 unspecified atom stereocenters. The van der Waals surface area contributed by atoms with Crippen LogP contribution in [0.2, 0.25) is 0 Å². The number of carbonyl (C=O) groups excluding carboxylic acids is 2. The highest BCUT2D eigenvalue weighted by Gasteiger charge is 2.31. The molecule has 2 aromatic rings. The van der Waals surface area contributed by atoms with Crippen molar-refractivity contribution >= 4 is 23.2 Å². The van der Waals surface area contributed by atoms with E-state index < -0.39 is 0 Å². The second kappa shape index (κ2) is 8.38. The third-order valence-corrected chi connectivity index (χ3v) is 6.28. The van der Waals surface area contributed by atoms with E-state index in [0.29, 0.717) is 43.5 Å². The predicted octanol–water partition coefficient (Wildman–Crippen LogP) is 2.49. The Hall–Kier alpha value is -2.29. The Morgan fingerprint density at radius 3 is 2.86 bits per heavy atom. The summed E-state index contributed by atoms with van der Waals surface area (Å²) < 4.78 is 5.37. The molecular weight excluding hydrogens is 378 g/mol. The van der Waals surface area contributed by atoms with Crippen molar-refractivity contribution in [2.24, 2.45) is 0 Å². The first-order valence-corrected chi connectivity index (χ1v) is 10.8. The number of nitrogens with zero attached hydrogens (tertiary/aromatic N) is 5. The molecule has 2 aromatic heterocycles. The van der Waals surface area contributed by atoms with Crippen molar-refractivity contribution in [3.63, 3.8) is 0 Å². The van der Waals surface area contributed by atoms with Crippen LogP contribution < -0.4 is 0 Å². The van der Waals surface area contributed by atoms with Crippen LogP contribution in [-0.2, 0) is 11.2 Å². The second-order valence-corrected chi connectivity index (χ2v) is 8.28. The van der Waals surface area contributed by atoms with Crippen LogP contribution in [0.5, 0.6) is 0 Å². The van der Waals surface area contributed by atoms with Crippen molar-refractivity contribution in [2.45, 2.75) is 57.4 Å². The lowest BCUT2D eigenvalue weighted by atomic mass is 9.85. The van der Waals surface area contributed by atoms with Gasteiger partial charge in [0.2, 0.25) is 11.8 Å². The van der Waals surface area contributed by atoms with Crippen LogP contribution in [0.3, 0.4) is 0 Å². The third kappa shape index (κ3) is 4.09. The molecule has 2 aliphatic rings. The molecule has 0 aromatic carbocycles. The lowest BCUT2D eigenvalue weighted by molar-refractivity contribution is -0.132. The summed E-state index contributed by atoms with van der Waals surface area (Å²) in [6.45, 7) is 3.35. The largest absolute Gasteiger partial charge is 0.339 e. The van der Waals surface area contributed by atoms with Crippen molar-refractivity contribution in [2.75, 3.05) is 19.6 Å². The van der Waals surface area contributed by atoms with E-state index >= 15 is 0 Å². The molecular formula is C19H25N5O3S. The first kappa shape index (κ1) is 19.0. The maximum Gasteiger partial charge on any atom is 0.273 e. The number of hydrogen-bond acceptors (Lipinski definition) is 7. The average molecular weight is 404 g/mol. The van der Waals surface area contributed by atoms with Crippen LogP contribution in [0, 0.1) is 0 Å². The fourth-order valence-corrected chi connectivity index (χ4v) is 4.41. The molecule has 1 aliphatic heterocycles. The summed E-state index contributed by atoms with van der Waals surface area (Å²) >= 11 is 1.41. The van der Waals surface area contributed by atoms with Gasteiger partial charge in [0.25, 0.3) is 5.91 Å². The van der Waals surface area contributed by atoms with Crippen molar-refractivity contribution in [1.82, 2.24) is 24.9 Å². The summed E-state index contributed by atoms with van der Waals surface area (Å²) in [5.74, 6) is 1.75. The molecule has 28 heavy (non-hydrogen) atoms. The molecule has 0 radical (unpaired) electrons. The Morgan fingerprint density at radius 2 is 2.18 bits per heavy atom. The maximum atomic E-state index is 12.6. The van der Waals surface area contributed by atoms with Gasteiger partial charge in [-0.3, -0.25) is 9.59 Å². The van der Waals surface area contributed by atoms with Gasteiger partial charge in [0, 0.05) is 50.3 Å². The fourth-order valence-electron chi connectivity index (χ4n) is 3.88. The number of hydrogen-bond donors (Lipinski definition) is 0. The Balaban J connectivity index is 1.37. The molecule has 0 bridgehead atoms. The molecule has 0 spiro atoms. The van der Waals surface area contributed by atoms with Gasteiger partial charge in [0.05, 0.1) is 5.51 Å². The Kier molecular flexibility index (Phi) is 5.70. The van der Waals surface area contributed by atoms with E-state index in [-0.39, 0.29) is 17.9 Å². The monoisotopic (exact) mass is 403 g/mol. The van der Waals surface area contributed by atoms with Crippen LogP contribution in [0.25, 0.3) is 0 Å². The van der Waals surface area contributed by atoms with E-state index in [9.17, 15) is 9.59 Å². The standard InChI is InChI=1S/C19H25N5O3S/c1-13(25)24(9-7-17-21-18(27-22-17)14-4-2-5-14)15-6-3-8-23(10-15)19(26)16-11-28-12-20-16/h11-12,14-15H,2-10H2,1H3. The van der Waals surface area contributed by atoms with Crippen LogP contribution >= 0.6 is 11.3 Å². The van der Waals surface area contributed by atoms with E-state index in [1.54, 1.807) is 17.8 Å². The highest BCUT2D eigenvalue weighted by molar-refractivity contribution is 7.07. The summed E-state index contributed by atoms with van der Waals surface area (Å²) in [5, 5.41) is 5.85. The molecule has 1 aliphatic carbocycles. The SMILES string of the molecule is CC(=O)N(CCc1noc(C2CCC2)n1)C1CCCN(C(=O)c2cscn2)C1. The van der Waals surface area contributed by atoms with Gasteiger partial charge in [-0.15, -0.1) is 11.3 Å². The number of amides is 2. The second-order valence-electron chi connectivity index (χ2n) is 7.56. The smallest absolute Gasteiger partial charge is 0.273 e. The zero-order valence-corrected chi connectivity index (χ0v) is 16.9. The minimum Gasteiger partial charge on any atom is -0.339 e. The van der Waals surface area contributed by atoms with Gasteiger partial charge in [-0.25, -0.2) is 4.98 Å². The van der Waals surface area contributed by atoms with Crippen molar-refractivity contribution in [1.29, 1.82) is 0 Å². The number of piperidine rings is 1. The minimum absolute atomic E-state index is 0.00633. The molecule has 1 saturated carbocycles. The lowest BCUT2D eigenvalue weighted by Crippen LogP contribution is -2.51.